The van der Waals surface area contributed by atoms with Gasteiger partial charge < -0.3 is 15.2 Å². The number of aromatic nitrogens is 3. The third-order valence-electron chi connectivity index (χ3n) is 3.01. The fourth-order valence-corrected chi connectivity index (χ4v) is 2.11. The maximum absolute atomic E-state index is 11.3. The number of hydrogen-bond donors (Lipinski definition) is 3. The van der Waals surface area contributed by atoms with Gasteiger partial charge in [0.1, 0.15) is 5.82 Å². The van der Waals surface area contributed by atoms with Crippen LogP contribution in [0.5, 0.6) is 0 Å². The molecule has 7 heteroatoms. The third kappa shape index (κ3) is 2.10. The van der Waals surface area contributed by atoms with Crippen molar-refractivity contribution >= 4 is 23.0 Å². The molecule has 0 atom stereocenters. The molecule has 0 aliphatic heterocycles. The van der Waals surface area contributed by atoms with Gasteiger partial charge in [-0.15, -0.1) is 0 Å². The van der Waals surface area contributed by atoms with Gasteiger partial charge in [-0.2, -0.15) is 0 Å². The zero-order valence-electron chi connectivity index (χ0n) is 10.6. The highest BCUT2D eigenvalue weighted by Gasteiger charge is 2.23. The summed E-state index contributed by atoms with van der Waals surface area (Å²) in [6.07, 6.45) is 1.15. The quantitative estimate of drug-likeness (QED) is 0.677. The summed E-state index contributed by atoms with van der Waals surface area (Å²) < 4.78 is 0. The van der Waals surface area contributed by atoms with Gasteiger partial charge in [0.2, 0.25) is 0 Å². The van der Waals surface area contributed by atoms with Crippen LogP contribution in [0.3, 0.4) is 0 Å². The molecule has 0 bridgehead atoms. The first-order valence-electron chi connectivity index (χ1n) is 5.98. The van der Waals surface area contributed by atoms with E-state index in [1.807, 2.05) is 0 Å². The van der Waals surface area contributed by atoms with Crippen LogP contribution in [-0.2, 0) is 0 Å². The van der Waals surface area contributed by atoms with Gasteiger partial charge in [0, 0.05) is 6.20 Å². The Hall–Kier alpha value is -3.22. The number of nitrogens with one attached hydrogen (secondary N) is 1. The highest BCUT2D eigenvalue weighted by Crippen LogP contribution is 2.26. The van der Waals surface area contributed by atoms with E-state index in [1.54, 1.807) is 24.3 Å². The molecule has 0 unspecified atom stereocenters. The Labute approximate surface area is 117 Å². The van der Waals surface area contributed by atoms with Crippen LogP contribution in [0.4, 0.5) is 0 Å². The molecule has 0 spiro atoms. The van der Waals surface area contributed by atoms with E-state index in [0.717, 1.165) is 6.20 Å². The van der Waals surface area contributed by atoms with Crippen molar-refractivity contribution in [2.45, 2.75) is 0 Å². The van der Waals surface area contributed by atoms with Crippen molar-refractivity contribution in [1.29, 1.82) is 0 Å². The molecule has 3 N–H and O–H groups in total. The second-order valence-electron chi connectivity index (χ2n) is 4.29. The average Bonchev–Trinajstić information content (AvgIpc) is 2.89. The zero-order valence-corrected chi connectivity index (χ0v) is 10.6. The van der Waals surface area contributed by atoms with E-state index < -0.39 is 11.9 Å². The second-order valence-corrected chi connectivity index (χ2v) is 4.29. The Bertz CT molecular complexity index is 804. The molecule has 2 heterocycles. The molecular formula is C14H9N3O4. The Morgan fingerprint density at radius 3 is 2.48 bits per heavy atom. The molecule has 0 amide bonds. The van der Waals surface area contributed by atoms with Gasteiger partial charge in [-0.25, -0.2) is 19.6 Å². The molecule has 3 rings (SSSR count). The fraction of sp³-hybridized carbons (Fsp3) is 0. The fourth-order valence-electron chi connectivity index (χ4n) is 2.11. The normalized spacial score (nSPS) is 10.7. The van der Waals surface area contributed by atoms with E-state index in [1.165, 1.54) is 6.07 Å². The number of benzene rings is 1. The number of imidazole rings is 1. The maximum atomic E-state index is 11.3. The number of fused-ring (bicyclic) bond motifs is 1. The lowest BCUT2D eigenvalue weighted by molar-refractivity contribution is 0.0691. The topological polar surface area (TPSA) is 116 Å². The minimum atomic E-state index is -1.31. The Morgan fingerprint density at radius 1 is 1.05 bits per heavy atom. The smallest absolute Gasteiger partial charge is 0.355 e. The molecule has 0 saturated carbocycles. The Kier molecular flexibility index (Phi) is 2.87. The molecule has 3 aromatic rings. The summed E-state index contributed by atoms with van der Waals surface area (Å²) in [7, 11) is 0. The SMILES string of the molecule is O=C(O)c1ccnc(C(=O)O)c1-c1nc2ccccc2[nH]1. The van der Waals surface area contributed by atoms with Crippen LogP contribution in [0.25, 0.3) is 22.4 Å². The van der Waals surface area contributed by atoms with Crippen LogP contribution in [-0.4, -0.2) is 37.1 Å². The predicted molar refractivity (Wildman–Crippen MR) is 73.2 cm³/mol. The molecule has 0 aliphatic carbocycles. The molecule has 21 heavy (non-hydrogen) atoms. The summed E-state index contributed by atoms with van der Waals surface area (Å²) in [6.45, 7) is 0. The number of aromatic amines is 1. The van der Waals surface area contributed by atoms with Crippen molar-refractivity contribution in [2.24, 2.45) is 0 Å². The molecule has 1 aromatic carbocycles. The number of para-hydroxylation sites is 2. The van der Waals surface area contributed by atoms with E-state index in [2.05, 4.69) is 15.0 Å². The highest BCUT2D eigenvalue weighted by atomic mass is 16.4. The number of rotatable bonds is 3. The summed E-state index contributed by atoms with van der Waals surface area (Å²) in [5, 5.41) is 18.5. The minimum absolute atomic E-state index is 0.0336. The van der Waals surface area contributed by atoms with Crippen molar-refractivity contribution in [3.05, 3.63) is 47.8 Å². The van der Waals surface area contributed by atoms with Gasteiger partial charge in [0.05, 0.1) is 22.2 Å². The standard InChI is InChI=1S/C14H9N3O4/c18-13(19)7-5-6-15-11(14(20)21)10(7)12-16-8-3-1-2-4-9(8)17-12/h1-6H,(H,16,17)(H,18,19)(H,20,21). The van der Waals surface area contributed by atoms with Crippen molar-refractivity contribution in [3.8, 4) is 11.4 Å². The molecule has 7 nitrogen and oxygen atoms in total. The molecule has 2 aromatic heterocycles. The van der Waals surface area contributed by atoms with E-state index in [4.69, 9.17) is 0 Å². The Morgan fingerprint density at radius 2 is 1.81 bits per heavy atom. The lowest BCUT2D eigenvalue weighted by Crippen LogP contribution is -2.09. The van der Waals surface area contributed by atoms with E-state index in [0.29, 0.717) is 11.0 Å². The average molecular weight is 283 g/mol. The number of carboxylic acids is 2. The van der Waals surface area contributed by atoms with Gasteiger partial charge in [0.25, 0.3) is 0 Å². The summed E-state index contributed by atoms with van der Waals surface area (Å²) in [5.41, 5.74) is 0.747. The number of hydrogen-bond acceptors (Lipinski definition) is 4. The number of H-pyrrole nitrogens is 1. The number of aromatic carboxylic acids is 2. The van der Waals surface area contributed by atoms with Crippen LogP contribution in [0.2, 0.25) is 0 Å². The van der Waals surface area contributed by atoms with E-state index in [-0.39, 0.29) is 22.6 Å². The van der Waals surface area contributed by atoms with Crippen LogP contribution < -0.4 is 0 Å². The molecule has 0 radical (unpaired) electrons. The van der Waals surface area contributed by atoms with Gasteiger partial charge >= 0.3 is 11.9 Å². The van der Waals surface area contributed by atoms with Gasteiger partial charge in [-0.1, -0.05) is 12.1 Å². The molecule has 0 saturated heterocycles. The van der Waals surface area contributed by atoms with Crippen molar-refractivity contribution in [1.82, 2.24) is 15.0 Å². The third-order valence-corrected chi connectivity index (χ3v) is 3.01. The van der Waals surface area contributed by atoms with Crippen LogP contribution >= 0.6 is 0 Å². The van der Waals surface area contributed by atoms with Crippen LogP contribution in [0.15, 0.2) is 36.5 Å². The molecule has 0 fully saturated rings. The predicted octanol–water partition coefficient (Wildman–Crippen LogP) is 2.02. The first-order valence-corrected chi connectivity index (χ1v) is 5.98. The summed E-state index contributed by atoms with van der Waals surface area (Å²) >= 11 is 0. The second kappa shape index (κ2) is 4.71. The maximum Gasteiger partial charge on any atom is 0.355 e. The molecule has 0 aliphatic rings. The number of nitrogens with zero attached hydrogens (tertiary/aromatic N) is 2. The number of pyridine rings is 1. The lowest BCUT2D eigenvalue weighted by Gasteiger charge is -2.06. The van der Waals surface area contributed by atoms with Crippen molar-refractivity contribution < 1.29 is 19.8 Å². The lowest BCUT2D eigenvalue weighted by atomic mass is 10.1. The summed E-state index contributed by atoms with van der Waals surface area (Å²) in [4.78, 5) is 33.5. The minimum Gasteiger partial charge on any atom is -0.478 e. The summed E-state index contributed by atoms with van der Waals surface area (Å²) in [6, 6.07) is 8.34. The number of carboxylic acid groups (broad SMARTS) is 2. The zero-order chi connectivity index (χ0) is 15.0. The highest BCUT2D eigenvalue weighted by molar-refractivity contribution is 6.03. The monoisotopic (exact) mass is 283 g/mol. The van der Waals surface area contributed by atoms with Gasteiger partial charge in [-0.3, -0.25) is 0 Å². The van der Waals surface area contributed by atoms with Crippen LogP contribution in [0.1, 0.15) is 20.8 Å². The van der Waals surface area contributed by atoms with Crippen molar-refractivity contribution in [3.63, 3.8) is 0 Å². The van der Waals surface area contributed by atoms with Gasteiger partial charge in [0.15, 0.2) is 5.69 Å². The van der Waals surface area contributed by atoms with E-state index in [9.17, 15) is 19.8 Å². The first kappa shape index (κ1) is 12.8. The van der Waals surface area contributed by atoms with Crippen molar-refractivity contribution in [2.75, 3.05) is 0 Å². The number of carbonyl (C=O) groups is 2. The van der Waals surface area contributed by atoms with Crippen LogP contribution in [0, 0.1) is 0 Å². The summed E-state index contributed by atoms with van der Waals surface area (Å²) in [5.74, 6) is -2.39. The largest absolute Gasteiger partial charge is 0.478 e. The molecule has 104 valence electrons. The Balaban J connectivity index is 2.33. The molecular weight excluding hydrogens is 274 g/mol. The van der Waals surface area contributed by atoms with Gasteiger partial charge in [-0.05, 0) is 18.2 Å². The first-order chi connectivity index (χ1) is 10.1. The van der Waals surface area contributed by atoms with E-state index >= 15 is 0 Å².